The monoisotopic (exact) mass is 468 g/mol. The van der Waals surface area contributed by atoms with Crippen LogP contribution in [0.25, 0.3) is 0 Å². The number of carbonyl (C=O) groups excluding carboxylic acids is 3. The summed E-state index contributed by atoms with van der Waals surface area (Å²) in [5.74, 6) is -0.525. The Morgan fingerprint density at radius 2 is 1.55 bits per heavy atom. The minimum atomic E-state index is -0.674. The Labute approximate surface area is 195 Å². The average molecular weight is 469 g/mol. The van der Waals surface area contributed by atoms with Crippen molar-refractivity contribution in [3.8, 4) is 11.5 Å². The highest BCUT2D eigenvalue weighted by molar-refractivity contribution is 6.33. The number of anilines is 2. The van der Waals surface area contributed by atoms with E-state index in [-0.39, 0.29) is 18.1 Å². The van der Waals surface area contributed by atoms with Crippen molar-refractivity contribution >= 4 is 40.8 Å². The van der Waals surface area contributed by atoms with E-state index in [2.05, 4.69) is 10.6 Å². The fraction of sp³-hybridized carbons (Fsp3) is 0.125. The number of methoxy groups -OCH3 is 1. The van der Waals surface area contributed by atoms with Crippen molar-refractivity contribution in [2.75, 3.05) is 31.0 Å². The molecule has 0 atom stereocenters. The van der Waals surface area contributed by atoms with Crippen LogP contribution in [0.2, 0.25) is 5.02 Å². The SMILES string of the molecule is COc1cccc(NC(=O)COc2ccc(C(=O)OCC(=O)Nc3ccccc3Cl)cc2)c1. The minimum Gasteiger partial charge on any atom is -0.497 e. The van der Waals surface area contributed by atoms with Gasteiger partial charge in [0.15, 0.2) is 13.2 Å². The third-order valence-electron chi connectivity index (χ3n) is 4.30. The molecule has 0 saturated heterocycles. The molecule has 3 aromatic carbocycles. The normalized spacial score (nSPS) is 10.1. The van der Waals surface area contributed by atoms with Gasteiger partial charge in [-0.05, 0) is 48.5 Å². The van der Waals surface area contributed by atoms with E-state index in [0.717, 1.165) is 0 Å². The van der Waals surface area contributed by atoms with E-state index < -0.39 is 18.5 Å². The van der Waals surface area contributed by atoms with E-state index in [1.807, 2.05) is 0 Å². The van der Waals surface area contributed by atoms with E-state index in [9.17, 15) is 14.4 Å². The molecule has 0 aliphatic heterocycles. The zero-order chi connectivity index (χ0) is 23.6. The summed E-state index contributed by atoms with van der Waals surface area (Å²) in [4.78, 5) is 36.2. The van der Waals surface area contributed by atoms with Crippen molar-refractivity contribution < 1.29 is 28.6 Å². The first kappa shape index (κ1) is 23.6. The number of ether oxygens (including phenoxy) is 3. The Kier molecular flexibility index (Phi) is 8.26. The van der Waals surface area contributed by atoms with Gasteiger partial charge in [0.05, 0.1) is 23.4 Å². The lowest BCUT2D eigenvalue weighted by Gasteiger charge is -2.10. The summed E-state index contributed by atoms with van der Waals surface area (Å²) in [5.41, 5.74) is 1.24. The van der Waals surface area contributed by atoms with Crippen molar-refractivity contribution in [1.82, 2.24) is 0 Å². The molecule has 2 amide bonds. The largest absolute Gasteiger partial charge is 0.497 e. The molecular formula is C24H21ClN2O6. The first-order valence-corrected chi connectivity index (χ1v) is 10.2. The second-order valence-corrected chi connectivity index (χ2v) is 7.10. The third-order valence-corrected chi connectivity index (χ3v) is 4.63. The maximum absolute atomic E-state index is 12.2. The van der Waals surface area contributed by atoms with Gasteiger partial charge in [-0.2, -0.15) is 0 Å². The van der Waals surface area contributed by atoms with Gasteiger partial charge < -0.3 is 24.8 Å². The highest BCUT2D eigenvalue weighted by Gasteiger charge is 2.12. The number of amides is 2. The fourth-order valence-electron chi connectivity index (χ4n) is 2.70. The lowest BCUT2D eigenvalue weighted by Crippen LogP contribution is -2.21. The van der Waals surface area contributed by atoms with E-state index in [0.29, 0.717) is 27.9 Å². The average Bonchev–Trinajstić information content (AvgIpc) is 2.83. The molecule has 8 nitrogen and oxygen atoms in total. The van der Waals surface area contributed by atoms with Gasteiger partial charge in [-0.1, -0.05) is 29.8 Å². The van der Waals surface area contributed by atoms with Gasteiger partial charge >= 0.3 is 5.97 Å². The van der Waals surface area contributed by atoms with Gasteiger partial charge in [0.25, 0.3) is 11.8 Å². The topological polar surface area (TPSA) is 103 Å². The molecule has 0 unspecified atom stereocenters. The first-order chi connectivity index (χ1) is 15.9. The number of hydrogen-bond donors (Lipinski definition) is 2. The number of benzene rings is 3. The molecule has 9 heteroatoms. The zero-order valence-electron chi connectivity index (χ0n) is 17.7. The molecule has 2 N–H and O–H groups in total. The fourth-order valence-corrected chi connectivity index (χ4v) is 2.88. The smallest absolute Gasteiger partial charge is 0.338 e. The highest BCUT2D eigenvalue weighted by Crippen LogP contribution is 2.20. The van der Waals surface area contributed by atoms with E-state index >= 15 is 0 Å². The maximum Gasteiger partial charge on any atom is 0.338 e. The summed E-state index contributed by atoms with van der Waals surface area (Å²) in [6.07, 6.45) is 0. The van der Waals surface area contributed by atoms with E-state index in [1.165, 1.54) is 24.3 Å². The van der Waals surface area contributed by atoms with Crippen molar-refractivity contribution in [2.45, 2.75) is 0 Å². The van der Waals surface area contributed by atoms with Gasteiger partial charge in [0.2, 0.25) is 0 Å². The third kappa shape index (κ3) is 7.26. The Hall–Kier alpha value is -4.04. The Bertz CT molecular complexity index is 1130. The number of esters is 1. The predicted molar refractivity (Wildman–Crippen MR) is 124 cm³/mol. The quantitative estimate of drug-likeness (QED) is 0.457. The molecule has 3 aromatic rings. The number of para-hydroxylation sites is 1. The molecule has 0 saturated carbocycles. The van der Waals surface area contributed by atoms with Gasteiger partial charge in [-0.25, -0.2) is 4.79 Å². The lowest BCUT2D eigenvalue weighted by molar-refractivity contribution is -0.119. The zero-order valence-corrected chi connectivity index (χ0v) is 18.4. The van der Waals surface area contributed by atoms with Crippen LogP contribution in [0.4, 0.5) is 11.4 Å². The highest BCUT2D eigenvalue weighted by atomic mass is 35.5. The van der Waals surface area contributed by atoms with Crippen molar-refractivity contribution in [2.24, 2.45) is 0 Å². The van der Waals surface area contributed by atoms with Crippen molar-refractivity contribution in [1.29, 1.82) is 0 Å². The molecule has 0 heterocycles. The van der Waals surface area contributed by atoms with Crippen LogP contribution in [0.3, 0.4) is 0 Å². The molecule has 0 aliphatic rings. The first-order valence-electron chi connectivity index (χ1n) is 9.83. The van der Waals surface area contributed by atoms with Crippen molar-refractivity contribution in [3.63, 3.8) is 0 Å². The molecule has 0 bridgehead atoms. The lowest BCUT2D eigenvalue weighted by atomic mass is 10.2. The van der Waals surface area contributed by atoms with E-state index in [1.54, 1.807) is 55.6 Å². The standard InChI is InChI=1S/C24H21ClN2O6/c1-31-19-6-4-5-17(13-19)26-22(28)14-32-18-11-9-16(10-12-18)24(30)33-15-23(29)27-21-8-3-2-7-20(21)25/h2-13H,14-15H2,1H3,(H,26,28)(H,27,29). The van der Waals surface area contributed by atoms with Gasteiger partial charge in [0.1, 0.15) is 11.5 Å². The van der Waals surface area contributed by atoms with Crippen LogP contribution < -0.4 is 20.1 Å². The molecule has 0 aliphatic carbocycles. The van der Waals surface area contributed by atoms with Crippen LogP contribution in [0.15, 0.2) is 72.8 Å². The molecule has 0 spiro atoms. The second kappa shape index (κ2) is 11.5. The van der Waals surface area contributed by atoms with Crippen LogP contribution >= 0.6 is 11.6 Å². The molecule has 33 heavy (non-hydrogen) atoms. The summed E-state index contributed by atoms with van der Waals surface area (Å²) in [6.45, 7) is -0.685. The second-order valence-electron chi connectivity index (χ2n) is 6.70. The number of halogens is 1. The Balaban J connectivity index is 1.44. The van der Waals surface area contributed by atoms with Crippen LogP contribution in [-0.4, -0.2) is 38.1 Å². The number of rotatable bonds is 9. The van der Waals surface area contributed by atoms with E-state index in [4.69, 9.17) is 25.8 Å². The number of nitrogens with one attached hydrogen (secondary N) is 2. The van der Waals surface area contributed by atoms with Crippen LogP contribution in [0.1, 0.15) is 10.4 Å². The Morgan fingerprint density at radius 1 is 0.818 bits per heavy atom. The van der Waals surface area contributed by atoms with Gasteiger partial charge in [-0.3, -0.25) is 9.59 Å². The van der Waals surface area contributed by atoms with Crippen LogP contribution in [0, 0.1) is 0 Å². The summed E-state index contributed by atoms with van der Waals surface area (Å²) in [7, 11) is 1.54. The molecule has 170 valence electrons. The molecule has 0 aromatic heterocycles. The number of carbonyl (C=O) groups is 3. The summed E-state index contributed by atoms with van der Waals surface area (Å²) in [6, 6.07) is 19.7. The molecule has 3 rings (SSSR count). The van der Waals surface area contributed by atoms with Crippen LogP contribution in [0.5, 0.6) is 11.5 Å². The predicted octanol–water partition coefficient (Wildman–Crippen LogP) is 4.16. The number of hydrogen-bond acceptors (Lipinski definition) is 6. The molecular weight excluding hydrogens is 448 g/mol. The maximum atomic E-state index is 12.2. The van der Waals surface area contributed by atoms with Crippen LogP contribution in [-0.2, 0) is 14.3 Å². The minimum absolute atomic E-state index is 0.219. The van der Waals surface area contributed by atoms with Gasteiger partial charge in [-0.15, -0.1) is 0 Å². The summed E-state index contributed by atoms with van der Waals surface area (Å²) >= 11 is 5.98. The van der Waals surface area contributed by atoms with Gasteiger partial charge in [0, 0.05) is 11.8 Å². The summed E-state index contributed by atoms with van der Waals surface area (Å²) < 4.78 is 15.6. The Morgan fingerprint density at radius 3 is 2.27 bits per heavy atom. The summed E-state index contributed by atoms with van der Waals surface area (Å²) in [5, 5.41) is 5.64. The molecule has 0 fully saturated rings. The van der Waals surface area contributed by atoms with Crippen molar-refractivity contribution in [3.05, 3.63) is 83.4 Å². The molecule has 0 radical (unpaired) electrons.